The molecule has 0 bridgehead atoms. The molecule has 1 atom stereocenters. The molecule has 1 aromatic rings. The van der Waals surface area contributed by atoms with Crippen LogP contribution in [0, 0.1) is 6.92 Å². The number of rotatable bonds is 4. The highest BCUT2D eigenvalue weighted by molar-refractivity contribution is 5.65. The summed E-state index contributed by atoms with van der Waals surface area (Å²) in [5, 5.41) is 0. The molecule has 0 fully saturated rings. The number of hydrogen-bond acceptors (Lipinski definition) is 1. The molecule has 0 aromatic heterocycles. The van der Waals surface area contributed by atoms with Gasteiger partial charge in [0, 0.05) is 6.21 Å². The van der Waals surface area contributed by atoms with Crippen molar-refractivity contribution in [3.8, 4) is 0 Å². The van der Waals surface area contributed by atoms with Crippen LogP contribution in [0.3, 0.4) is 0 Å². The zero-order chi connectivity index (χ0) is 11.3. The highest BCUT2D eigenvalue weighted by Crippen LogP contribution is 2.28. The summed E-state index contributed by atoms with van der Waals surface area (Å²) in [6.45, 7) is 8.78. The van der Waals surface area contributed by atoms with Gasteiger partial charge in [0.1, 0.15) is 0 Å². The third-order valence-corrected chi connectivity index (χ3v) is 2.90. The second kappa shape index (κ2) is 5.69. The van der Waals surface area contributed by atoms with E-state index in [1.807, 2.05) is 6.21 Å². The van der Waals surface area contributed by atoms with Gasteiger partial charge in [0.05, 0.1) is 5.69 Å². The minimum absolute atomic E-state index is 0.627. The molecular formula is C14H21N. The summed E-state index contributed by atoms with van der Waals surface area (Å²) < 4.78 is 0. The fourth-order valence-corrected chi connectivity index (χ4v) is 1.72. The van der Waals surface area contributed by atoms with Crippen molar-refractivity contribution in [1.29, 1.82) is 0 Å². The predicted octanol–water partition coefficient (Wildman–Crippen LogP) is 4.62. The van der Waals surface area contributed by atoms with Gasteiger partial charge < -0.3 is 0 Å². The summed E-state index contributed by atoms with van der Waals surface area (Å²) in [6, 6.07) is 6.42. The molecule has 0 N–H and O–H groups in total. The van der Waals surface area contributed by atoms with Crippen LogP contribution in [-0.2, 0) is 0 Å². The summed E-state index contributed by atoms with van der Waals surface area (Å²) in [6.07, 6.45) is 4.15. The van der Waals surface area contributed by atoms with Crippen LogP contribution in [0.15, 0.2) is 23.2 Å². The van der Waals surface area contributed by atoms with Crippen LogP contribution in [-0.4, -0.2) is 6.21 Å². The van der Waals surface area contributed by atoms with Crippen LogP contribution in [0.5, 0.6) is 0 Å². The molecule has 0 spiro atoms. The van der Waals surface area contributed by atoms with Gasteiger partial charge in [0.2, 0.25) is 0 Å². The largest absolute Gasteiger partial charge is 0.261 e. The van der Waals surface area contributed by atoms with E-state index in [4.69, 9.17) is 0 Å². The van der Waals surface area contributed by atoms with Crippen LogP contribution in [0.4, 0.5) is 5.69 Å². The molecular weight excluding hydrogens is 182 g/mol. The molecule has 1 heteroatoms. The zero-order valence-corrected chi connectivity index (χ0v) is 10.2. The zero-order valence-electron chi connectivity index (χ0n) is 10.2. The second-order valence-electron chi connectivity index (χ2n) is 4.02. The first kappa shape index (κ1) is 12.0. The van der Waals surface area contributed by atoms with Gasteiger partial charge in [-0.1, -0.05) is 32.9 Å². The van der Waals surface area contributed by atoms with E-state index in [2.05, 4.69) is 50.9 Å². The van der Waals surface area contributed by atoms with Crippen molar-refractivity contribution in [2.75, 3.05) is 0 Å². The second-order valence-corrected chi connectivity index (χ2v) is 4.02. The predicted molar refractivity (Wildman–Crippen MR) is 68.3 cm³/mol. The van der Waals surface area contributed by atoms with E-state index in [0.717, 1.165) is 12.1 Å². The minimum atomic E-state index is 0.627. The molecule has 1 nitrogen and oxygen atoms in total. The Bertz CT molecular complexity index is 339. The lowest BCUT2D eigenvalue weighted by Crippen LogP contribution is -1.94. The highest BCUT2D eigenvalue weighted by Gasteiger charge is 2.08. The lowest BCUT2D eigenvalue weighted by atomic mass is 9.93. The number of hydrogen-bond donors (Lipinski definition) is 0. The average molecular weight is 203 g/mol. The molecule has 82 valence electrons. The molecule has 0 aliphatic rings. The number of aliphatic imine (C=N–C) groups is 1. The van der Waals surface area contributed by atoms with Gasteiger partial charge in [-0.25, -0.2) is 0 Å². The normalized spacial score (nSPS) is 13.3. The first-order valence-corrected chi connectivity index (χ1v) is 5.82. The van der Waals surface area contributed by atoms with Crippen LogP contribution >= 0.6 is 0 Å². The number of benzene rings is 1. The molecule has 1 rings (SSSR count). The number of nitrogens with zero attached hydrogens (tertiary/aromatic N) is 1. The summed E-state index contributed by atoms with van der Waals surface area (Å²) in [7, 11) is 0. The highest BCUT2D eigenvalue weighted by atomic mass is 14.7. The van der Waals surface area contributed by atoms with Crippen molar-refractivity contribution in [3.63, 3.8) is 0 Å². The van der Waals surface area contributed by atoms with Gasteiger partial charge in [0.25, 0.3) is 0 Å². The topological polar surface area (TPSA) is 12.4 Å². The standard InChI is InChI=1S/C14H21N/c1-5-10-15-14-9-7-8-13(12(14)4)11(3)6-2/h7-11H,5-6H2,1-4H3/t11-/m1/s1. The SMILES string of the molecule is CCC=Nc1cccc([C@H](C)CC)c1C. The quantitative estimate of drug-likeness (QED) is 0.633. The summed E-state index contributed by atoms with van der Waals surface area (Å²) in [4.78, 5) is 4.48. The van der Waals surface area contributed by atoms with E-state index in [-0.39, 0.29) is 0 Å². The first-order valence-electron chi connectivity index (χ1n) is 5.82. The van der Waals surface area contributed by atoms with E-state index in [0.29, 0.717) is 5.92 Å². The van der Waals surface area contributed by atoms with Gasteiger partial charge in [-0.3, -0.25) is 4.99 Å². The van der Waals surface area contributed by atoms with E-state index in [1.165, 1.54) is 17.5 Å². The monoisotopic (exact) mass is 203 g/mol. The molecule has 0 radical (unpaired) electrons. The Labute approximate surface area is 93.2 Å². The van der Waals surface area contributed by atoms with Gasteiger partial charge >= 0.3 is 0 Å². The molecule has 0 aliphatic carbocycles. The molecule has 0 unspecified atom stereocenters. The molecule has 0 amide bonds. The summed E-state index contributed by atoms with van der Waals surface area (Å²) in [5.74, 6) is 0.627. The Morgan fingerprint density at radius 3 is 2.67 bits per heavy atom. The molecule has 15 heavy (non-hydrogen) atoms. The van der Waals surface area contributed by atoms with Crippen LogP contribution in [0.2, 0.25) is 0 Å². The van der Waals surface area contributed by atoms with Crippen molar-refractivity contribution in [1.82, 2.24) is 0 Å². The first-order chi connectivity index (χ1) is 7.20. The third kappa shape index (κ3) is 2.92. The van der Waals surface area contributed by atoms with E-state index in [1.54, 1.807) is 0 Å². The van der Waals surface area contributed by atoms with Crippen molar-refractivity contribution in [3.05, 3.63) is 29.3 Å². The van der Waals surface area contributed by atoms with Crippen LogP contribution in [0.25, 0.3) is 0 Å². The Morgan fingerprint density at radius 2 is 2.07 bits per heavy atom. The van der Waals surface area contributed by atoms with Gasteiger partial charge in [-0.05, 0) is 42.9 Å². The fourth-order valence-electron chi connectivity index (χ4n) is 1.72. The Kier molecular flexibility index (Phi) is 4.54. The molecule has 0 saturated heterocycles. The summed E-state index contributed by atoms with van der Waals surface area (Å²) >= 11 is 0. The van der Waals surface area contributed by atoms with Crippen LogP contribution < -0.4 is 0 Å². The maximum atomic E-state index is 4.48. The van der Waals surface area contributed by atoms with Gasteiger partial charge in [0.15, 0.2) is 0 Å². The molecule has 0 heterocycles. The van der Waals surface area contributed by atoms with E-state index in [9.17, 15) is 0 Å². The van der Waals surface area contributed by atoms with E-state index >= 15 is 0 Å². The van der Waals surface area contributed by atoms with E-state index < -0.39 is 0 Å². The lowest BCUT2D eigenvalue weighted by molar-refractivity contribution is 0.728. The fraction of sp³-hybridized carbons (Fsp3) is 0.500. The van der Waals surface area contributed by atoms with Crippen molar-refractivity contribution >= 4 is 11.9 Å². The third-order valence-electron chi connectivity index (χ3n) is 2.90. The Hall–Kier alpha value is -1.11. The average Bonchev–Trinajstić information content (AvgIpc) is 2.27. The molecule has 0 saturated carbocycles. The van der Waals surface area contributed by atoms with Gasteiger partial charge in [-0.2, -0.15) is 0 Å². The maximum absolute atomic E-state index is 4.48. The smallest absolute Gasteiger partial charge is 0.0657 e. The molecule has 1 aromatic carbocycles. The van der Waals surface area contributed by atoms with Gasteiger partial charge in [-0.15, -0.1) is 0 Å². The van der Waals surface area contributed by atoms with Crippen LogP contribution in [0.1, 0.15) is 50.7 Å². The lowest BCUT2D eigenvalue weighted by Gasteiger charge is -2.13. The maximum Gasteiger partial charge on any atom is 0.0657 e. The Balaban J connectivity index is 3.05. The minimum Gasteiger partial charge on any atom is -0.261 e. The Morgan fingerprint density at radius 1 is 1.33 bits per heavy atom. The van der Waals surface area contributed by atoms with Crippen molar-refractivity contribution in [2.24, 2.45) is 4.99 Å². The molecule has 0 aliphatic heterocycles. The summed E-state index contributed by atoms with van der Waals surface area (Å²) in [5.41, 5.74) is 3.88. The van der Waals surface area contributed by atoms with Crippen molar-refractivity contribution < 1.29 is 0 Å². The van der Waals surface area contributed by atoms with Crippen molar-refractivity contribution in [2.45, 2.75) is 46.5 Å².